The fourth-order valence-electron chi connectivity index (χ4n) is 10.6. The minimum absolute atomic E-state index is 0.489. The first-order chi connectivity index (χ1) is 23.7. The first-order valence-corrected chi connectivity index (χ1v) is 39.1. The number of rotatable bonds is 11. The van der Waals surface area contributed by atoms with Gasteiger partial charge in [-0.1, -0.05) is 0 Å². The summed E-state index contributed by atoms with van der Waals surface area (Å²) < 4.78 is 6.98. The predicted molar refractivity (Wildman–Crippen MR) is 222 cm³/mol. The molecule has 0 saturated heterocycles. The van der Waals surface area contributed by atoms with Crippen LogP contribution in [-0.2, 0) is 17.7 Å². The van der Waals surface area contributed by atoms with Gasteiger partial charge in [0.1, 0.15) is 0 Å². The van der Waals surface area contributed by atoms with Gasteiger partial charge in [-0.3, -0.25) is 0 Å². The standard InChI is InChI=1S/2C17H23.C12H11Si.2CH3.Hf/c2*1-6-13-7-15-9-14(11(2)3)10-16(12(4)5)17(15)8-13;1-3-7-11(8-4-1)13-12-9-5-2-6-10-12;;;/h2*7-12H,6H2,1-5H3;1-10,13H;2*1H3;. The van der Waals surface area contributed by atoms with E-state index in [1.54, 1.807) is 54.9 Å². The van der Waals surface area contributed by atoms with Crippen LogP contribution in [-0.4, -0.2) is 5.98 Å². The van der Waals surface area contributed by atoms with E-state index in [0.29, 0.717) is 31.0 Å². The number of hydrogen-bond donors (Lipinski definition) is 0. The molecular weight excluding hydrogens is 783 g/mol. The molecule has 50 heavy (non-hydrogen) atoms. The van der Waals surface area contributed by atoms with Crippen molar-refractivity contribution in [2.24, 2.45) is 0 Å². The maximum atomic E-state index is 2.99. The SMILES string of the molecule is CCC1=Cc2c(C(C)C)cc(C(C)C)cc2[CH]1[Hf]([CH3])([CH3])([CH]1C(CC)=Cc2c(C(C)C)cc(C(C)C)cc21)[SiH](c1ccccc1)c1ccccc1. The molecule has 263 valence electrons. The summed E-state index contributed by atoms with van der Waals surface area (Å²) in [5, 5.41) is 3.28. The van der Waals surface area contributed by atoms with Crippen LogP contribution in [0.5, 0.6) is 0 Å². The van der Waals surface area contributed by atoms with E-state index in [9.17, 15) is 0 Å². The van der Waals surface area contributed by atoms with Gasteiger partial charge >= 0.3 is 309 Å². The van der Waals surface area contributed by atoms with Crippen molar-refractivity contribution in [3.8, 4) is 0 Å². The topological polar surface area (TPSA) is 0 Å². The fraction of sp³-hybridized carbons (Fsp3) is 0.417. The van der Waals surface area contributed by atoms with Crippen molar-refractivity contribution in [2.45, 2.75) is 122 Å². The van der Waals surface area contributed by atoms with Crippen LogP contribution in [0.2, 0.25) is 9.36 Å². The molecule has 0 radical (unpaired) electrons. The van der Waals surface area contributed by atoms with Crippen LogP contribution in [0.4, 0.5) is 0 Å². The summed E-state index contributed by atoms with van der Waals surface area (Å²) in [5.74, 6) is 0.123. The van der Waals surface area contributed by atoms with Crippen molar-refractivity contribution in [2.75, 3.05) is 0 Å². The van der Waals surface area contributed by atoms with Crippen LogP contribution in [0.25, 0.3) is 12.2 Å². The second kappa shape index (κ2) is 14.1. The zero-order chi connectivity index (χ0) is 36.1. The van der Waals surface area contributed by atoms with E-state index in [0.717, 1.165) is 12.8 Å². The second-order valence-corrected chi connectivity index (χ2v) is 65.0. The Labute approximate surface area is 307 Å². The quantitative estimate of drug-likeness (QED) is 0.132. The zero-order valence-electron chi connectivity index (χ0n) is 33.2. The molecule has 0 N–H and O–H groups in total. The summed E-state index contributed by atoms with van der Waals surface area (Å²) in [6.07, 6.45) is 7.64. The summed E-state index contributed by atoms with van der Waals surface area (Å²) in [7, 11) is 0. The summed E-state index contributed by atoms with van der Waals surface area (Å²) in [4.78, 5) is 0. The molecule has 0 nitrogen and oxygen atoms in total. The average Bonchev–Trinajstić information content (AvgIpc) is 3.68. The van der Waals surface area contributed by atoms with E-state index >= 15 is 0 Å². The van der Waals surface area contributed by atoms with Crippen LogP contribution in [0.3, 0.4) is 0 Å². The first kappa shape index (κ1) is 37.2. The van der Waals surface area contributed by atoms with Gasteiger partial charge in [0.2, 0.25) is 0 Å². The van der Waals surface area contributed by atoms with Crippen molar-refractivity contribution in [3.63, 3.8) is 0 Å². The van der Waals surface area contributed by atoms with E-state index < -0.39 is 23.7 Å². The van der Waals surface area contributed by atoms with E-state index in [1.807, 2.05) is 0 Å². The predicted octanol–water partition coefficient (Wildman–Crippen LogP) is 12.9. The molecule has 0 fully saturated rings. The Bertz CT molecular complexity index is 1790. The summed E-state index contributed by atoms with van der Waals surface area (Å²) in [5.41, 5.74) is 16.0. The Morgan fingerprint density at radius 1 is 0.520 bits per heavy atom. The van der Waals surface area contributed by atoms with Gasteiger partial charge in [-0.15, -0.1) is 0 Å². The monoisotopic (exact) mass is 847 g/mol. The van der Waals surface area contributed by atoms with Gasteiger partial charge in [0, 0.05) is 0 Å². The van der Waals surface area contributed by atoms with Gasteiger partial charge in [0.05, 0.1) is 0 Å². The van der Waals surface area contributed by atoms with Crippen LogP contribution in [0.1, 0.15) is 158 Å². The number of allylic oxidation sites excluding steroid dienone is 2. The molecule has 4 aromatic rings. The minimum atomic E-state index is -4.53. The van der Waals surface area contributed by atoms with Crippen molar-refractivity contribution in [3.05, 3.63) is 141 Å². The Morgan fingerprint density at radius 3 is 1.18 bits per heavy atom. The maximum absolute atomic E-state index is 4.53. The number of benzene rings is 4. The van der Waals surface area contributed by atoms with Gasteiger partial charge in [-0.05, 0) is 0 Å². The number of fused-ring (bicyclic) bond motifs is 2. The van der Waals surface area contributed by atoms with Gasteiger partial charge in [-0.2, -0.15) is 0 Å². The van der Waals surface area contributed by atoms with Gasteiger partial charge in [-0.25, -0.2) is 0 Å². The third-order valence-corrected chi connectivity index (χ3v) is 67.1. The van der Waals surface area contributed by atoms with E-state index in [-0.39, 0.29) is 0 Å². The van der Waals surface area contributed by atoms with Crippen molar-refractivity contribution >= 4 is 28.5 Å². The van der Waals surface area contributed by atoms with E-state index in [4.69, 9.17) is 0 Å². The molecule has 2 aliphatic rings. The van der Waals surface area contributed by atoms with E-state index in [2.05, 4.69) is 176 Å². The summed E-state index contributed by atoms with van der Waals surface area (Å²) in [6.45, 7) is 24.1. The molecule has 2 atom stereocenters. The second-order valence-electron chi connectivity index (χ2n) is 17.8. The molecule has 0 aliphatic heterocycles. The third-order valence-electron chi connectivity index (χ3n) is 12.9. The Morgan fingerprint density at radius 2 is 0.880 bits per heavy atom. The van der Waals surface area contributed by atoms with Gasteiger partial charge < -0.3 is 0 Å². The molecule has 2 unspecified atom stereocenters. The average molecular weight is 847 g/mol. The van der Waals surface area contributed by atoms with E-state index in [1.165, 1.54) is 11.1 Å². The van der Waals surface area contributed by atoms with Crippen LogP contribution in [0.15, 0.2) is 96.1 Å². The number of hydrogen-bond acceptors (Lipinski definition) is 0. The summed E-state index contributed by atoms with van der Waals surface area (Å²) in [6, 6.07) is 34.4. The molecule has 0 saturated carbocycles. The summed E-state index contributed by atoms with van der Waals surface area (Å²) >= 11 is -4.53. The zero-order valence-corrected chi connectivity index (χ0v) is 37.9. The third kappa shape index (κ3) is 6.09. The molecule has 4 aromatic carbocycles. The Balaban J connectivity index is 1.82. The van der Waals surface area contributed by atoms with Crippen LogP contribution < -0.4 is 10.4 Å². The molecule has 0 heterocycles. The molecule has 0 bridgehead atoms. The molecule has 0 aromatic heterocycles. The van der Waals surface area contributed by atoms with Crippen molar-refractivity contribution < 1.29 is 17.7 Å². The van der Waals surface area contributed by atoms with Crippen molar-refractivity contribution in [1.29, 1.82) is 0 Å². The Kier molecular flexibility index (Phi) is 10.5. The molecular formula is C48H63HfSi. The van der Waals surface area contributed by atoms with Gasteiger partial charge in [0.15, 0.2) is 0 Å². The molecule has 2 aliphatic carbocycles. The Hall–Kier alpha value is -2.55. The molecule has 0 amide bonds. The molecule has 0 spiro atoms. The van der Waals surface area contributed by atoms with Crippen LogP contribution >= 0.6 is 0 Å². The fourth-order valence-corrected chi connectivity index (χ4v) is 75.9. The molecule has 6 rings (SSSR count). The molecule has 2 heteroatoms. The first-order valence-electron chi connectivity index (χ1n) is 19.8. The normalized spacial score (nSPS) is 18.1. The van der Waals surface area contributed by atoms with Gasteiger partial charge in [0.25, 0.3) is 0 Å². The van der Waals surface area contributed by atoms with Crippen molar-refractivity contribution in [1.82, 2.24) is 0 Å². The van der Waals surface area contributed by atoms with Crippen LogP contribution in [0, 0.1) is 0 Å².